The Morgan fingerprint density at radius 2 is 1.88 bits per heavy atom. The Labute approximate surface area is 118 Å². The van der Waals surface area contributed by atoms with Gasteiger partial charge in [0.2, 0.25) is 0 Å². The van der Waals surface area contributed by atoms with E-state index in [0.717, 1.165) is 9.26 Å². The van der Waals surface area contributed by atoms with E-state index in [-0.39, 0.29) is 5.91 Å². The molecule has 0 atom stereocenters. The average molecular weight is 358 g/mol. The molecule has 2 rings (SSSR count). The Morgan fingerprint density at radius 3 is 2.59 bits per heavy atom. The molecular formula is C13H9ClINO. The summed E-state index contributed by atoms with van der Waals surface area (Å²) in [5.41, 5.74) is 1.25. The molecule has 0 spiro atoms. The highest BCUT2D eigenvalue weighted by Gasteiger charge is 2.09. The summed E-state index contributed by atoms with van der Waals surface area (Å²) in [4.78, 5) is 11.9. The fourth-order valence-electron chi connectivity index (χ4n) is 1.41. The van der Waals surface area contributed by atoms with Crippen LogP contribution in [0.3, 0.4) is 0 Å². The summed E-state index contributed by atoms with van der Waals surface area (Å²) < 4.78 is 1.07. The Morgan fingerprint density at radius 1 is 1.12 bits per heavy atom. The van der Waals surface area contributed by atoms with Crippen LogP contribution in [0.15, 0.2) is 48.5 Å². The van der Waals surface area contributed by atoms with E-state index >= 15 is 0 Å². The van der Waals surface area contributed by atoms with Gasteiger partial charge in [0.15, 0.2) is 0 Å². The summed E-state index contributed by atoms with van der Waals surface area (Å²) >= 11 is 8.15. The number of anilines is 1. The van der Waals surface area contributed by atoms with Gasteiger partial charge in [0.25, 0.3) is 5.91 Å². The number of rotatable bonds is 2. The quantitative estimate of drug-likeness (QED) is 0.802. The van der Waals surface area contributed by atoms with Crippen LogP contribution < -0.4 is 5.32 Å². The summed E-state index contributed by atoms with van der Waals surface area (Å²) in [5.74, 6) is -0.197. The van der Waals surface area contributed by atoms with Crippen molar-refractivity contribution in [3.05, 3.63) is 62.7 Å². The summed E-state index contributed by atoms with van der Waals surface area (Å²) in [6.45, 7) is 0. The number of carbonyl (C=O) groups excluding carboxylic acids is 1. The number of amides is 1. The van der Waals surface area contributed by atoms with Gasteiger partial charge in [-0.25, -0.2) is 0 Å². The fraction of sp³-hybridized carbons (Fsp3) is 0. The third kappa shape index (κ3) is 3.20. The maximum atomic E-state index is 11.9. The normalized spacial score (nSPS) is 10.0. The molecule has 0 unspecified atom stereocenters. The number of carbonyl (C=O) groups is 1. The van der Waals surface area contributed by atoms with Gasteiger partial charge in [-0.1, -0.05) is 29.8 Å². The first-order valence-corrected chi connectivity index (χ1v) is 6.44. The zero-order valence-electron chi connectivity index (χ0n) is 8.78. The fourth-order valence-corrected chi connectivity index (χ4v) is 2.17. The third-order valence-electron chi connectivity index (χ3n) is 2.20. The SMILES string of the molecule is O=C(Nc1cccc(I)c1)c1ccccc1Cl. The molecule has 0 aliphatic carbocycles. The molecule has 0 radical (unpaired) electrons. The molecule has 0 fully saturated rings. The van der Waals surface area contributed by atoms with Crippen LogP contribution in [0.5, 0.6) is 0 Å². The van der Waals surface area contributed by atoms with Crippen LogP contribution in [-0.4, -0.2) is 5.91 Å². The van der Waals surface area contributed by atoms with Gasteiger partial charge in [-0.3, -0.25) is 4.79 Å². The van der Waals surface area contributed by atoms with Gasteiger partial charge in [-0.15, -0.1) is 0 Å². The van der Waals surface area contributed by atoms with E-state index in [1.165, 1.54) is 0 Å². The lowest BCUT2D eigenvalue weighted by atomic mass is 10.2. The van der Waals surface area contributed by atoms with Crippen LogP contribution in [0.4, 0.5) is 5.69 Å². The van der Waals surface area contributed by atoms with Gasteiger partial charge in [-0.05, 0) is 52.9 Å². The molecule has 0 heterocycles. The number of nitrogens with one attached hydrogen (secondary N) is 1. The van der Waals surface area contributed by atoms with E-state index in [2.05, 4.69) is 27.9 Å². The number of hydrogen-bond donors (Lipinski definition) is 1. The predicted octanol–water partition coefficient (Wildman–Crippen LogP) is 4.20. The van der Waals surface area contributed by atoms with Crippen molar-refractivity contribution in [2.24, 2.45) is 0 Å². The van der Waals surface area contributed by atoms with Crippen LogP contribution in [0.25, 0.3) is 0 Å². The van der Waals surface area contributed by atoms with Crippen molar-refractivity contribution in [1.29, 1.82) is 0 Å². The van der Waals surface area contributed by atoms with Gasteiger partial charge in [0, 0.05) is 9.26 Å². The zero-order chi connectivity index (χ0) is 12.3. The molecule has 0 saturated carbocycles. The van der Waals surface area contributed by atoms with Gasteiger partial charge < -0.3 is 5.32 Å². The topological polar surface area (TPSA) is 29.1 Å². The lowest BCUT2D eigenvalue weighted by molar-refractivity contribution is 0.102. The highest BCUT2D eigenvalue weighted by molar-refractivity contribution is 14.1. The van der Waals surface area contributed by atoms with E-state index in [4.69, 9.17) is 11.6 Å². The van der Waals surface area contributed by atoms with Gasteiger partial charge in [0.05, 0.1) is 10.6 Å². The van der Waals surface area contributed by atoms with Crippen LogP contribution in [0.2, 0.25) is 5.02 Å². The van der Waals surface area contributed by atoms with Crippen molar-refractivity contribution in [2.45, 2.75) is 0 Å². The highest BCUT2D eigenvalue weighted by Crippen LogP contribution is 2.18. The molecule has 2 aromatic rings. The minimum atomic E-state index is -0.197. The molecule has 2 aromatic carbocycles. The van der Waals surface area contributed by atoms with Crippen molar-refractivity contribution in [2.75, 3.05) is 5.32 Å². The summed E-state index contributed by atoms with van der Waals surface area (Å²) in [6.07, 6.45) is 0. The van der Waals surface area contributed by atoms with E-state index in [0.29, 0.717) is 10.6 Å². The first-order chi connectivity index (χ1) is 8.16. The maximum Gasteiger partial charge on any atom is 0.257 e. The molecule has 0 aliphatic rings. The van der Waals surface area contributed by atoms with Crippen molar-refractivity contribution >= 4 is 45.8 Å². The molecular weight excluding hydrogens is 349 g/mol. The van der Waals surface area contributed by atoms with Crippen LogP contribution in [0.1, 0.15) is 10.4 Å². The van der Waals surface area contributed by atoms with Crippen molar-refractivity contribution in [3.8, 4) is 0 Å². The number of hydrogen-bond acceptors (Lipinski definition) is 1. The second kappa shape index (κ2) is 5.51. The lowest BCUT2D eigenvalue weighted by Crippen LogP contribution is -2.12. The molecule has 0 aliphatic heterocycles. The second-order valence-corrected chi connectivity index (χ2v) is 5.10. The summed E-state index contributed by atoms with van der Waals surface area (Å²) in [5, 5.41) is 3.27. The molecule has 1 N–H and O–H groups in total. The molecule has 4 heteroatoms. The zero-order valence-corrected chi connectivity index (χ0v) is 11.7. The molecule has 17 heavy (non-hydrogen) atoms. The molecule has 0 aromatic heterocycles. The first-order valence-electron chi connectivity index (χ1n) is 4.98. The monoisotopic (exact) mass is 357 g/mol. The van der Waals surface area contributed by atoms with Crippen LogP contribution in [-0.2, 0) is 0 Å². The predicted molar refractivity (Wildman–Crippen MR) is 78.6 cm³/mol. The maximum absolute atomic E-state index is 11.9. The Kier molecular flexibility index (Phi) is 4.02. The van der Waals surface area contributed by atoms with Gasteiger partial charge in [0.1, 0.15) is 0 Å². The Hall–Kier alpha value is -1.07. The van der Waals surface area contributed by atoms with Crippen molar-refractivity contribution < 1.29 is 4.79 Å². The van der Waals surface area contributed by atoms with Gasteiger partial charge in [-0.2, -0.15) is 0 Å². The minimum absolute atomic E-state index is 0.197. The standard InChI is InChI=1S/C13H9ClINO/c14-12-7-2-1-6-11(12)13(17)16-10-5-3-4-9(15)8-10/h1-8H,(H,16,17). The van der Waals surface area contributed by atoms with Gasteiger partial charge >= 0.3 is 0 Å². The summed E-state index contributed by atoms with van der Waals surface area (Å²) in [6, 6.07) is 14.6. The van der Waals surface area contributed by atoms with Crippen molar-refractivity contribution in [1.82, 2.24) is 0 Å². The minimum Gasteiger partial charge on any atom is -0.322 e. The smallest absolute Gasteiger partial charge is 0.257 e. The average Bonchev–Trinajstić information content (AvgIpc) is 2.29. The molecule has 2 nitrogen and oxygen atoms in total. The molecule has 0 saturated heterocycles. The van der Waals surface area contributed by atoms with Crippen molar-refractivity contribution in [3.63, 3.8) is 0 Å². The molecule has 0 bridgehead atoms. The molecule has 1 amide bonds. The highest BCUT2D eigenvalue weighted by atomic mass is 127. The van der Waals surface area contributed by atoms with E-state index in [9.17, 15) is 4.79 Å². The Balaban J connectivity index is 2.20. The van der Waals surface area contributed by atoms with E-state index in [1.54, 1.807) is 24.3 Å². The largest absolute Gasteiger partial charge is 0.322 e. The Bertz CT molecular complexity index is 557. The first kappa shape index (κ1) is 12.4. The van der Waals surface area contributed by atoms with Crippen LogP contribution >= 0.6 is 34.2 Å². The third-order valence-corrected chi connectivity index (χ3v) is 3.20. The van der Waals surface area contributed by atoms with Crippen LogP contribution in [0, 0.1) is 3.57 Å². The summed E-state index contributed by atoms with van der Waals surface area (Å²) in [7, 11) is 0. The van der Waals surface area contributed by atoms with E-state index in [1.807, 2.05) is 24.3 Å². The molecule has 86 valence electrons. The van der Waals surface area contributed by atoms with E-state index < -0.39 is 0 Å². The number of benzene rings is 2. The number of halogens is 2. The lowest BCUT2D eigenvalue weighted by Gasteiger charge is -2.06. The second-order valence-electron chi connectivity index (χ2n) is 3.44.